The highest BCUT2D eigenvalue weighted by molar-refractivity contribution is 5.82. The summed E-state index contributed by atoms with van der Waals surface area (Å²) in [6.07, 6.45) is 1.17. The molecule has 7 heteroatoms. The number of aryl methyl sites for hydroxylation is 1. The number of hydrogen-bond donors (Lipinski definition) is 2. The number of amides is 3. The van der Waals surface area contributed by atoms with Gasteiger partial charge in [0.25, 0.3) is 0 Å². The van der Waals surface area contributed by atoms with Crippen LogP contribution in [0.3, 0.4) is 0 Å². The van der Waals surface area contributed by atoms with Crippen molar-refractivity contribution in [3.8, 4) is 0 Å². The third-order valence-corrected chi connectivity index (χ3v) is 4.48. The van der Waals surface area contributed by atoms with Crippen LogP contribution in [0.25, 0.3) is 0 Å². The van der Waals surface area contributed by atoms with Crippen molar-refractivity contribution in [2.24, 2.45) is 0 Å². The van der Waals surface area contributed by atoms with Crippen molar-refractivity contribution < 1.29 is 19.1 Å². The molecule has 3 amide bonds. The molecule has 2 rings (SSSR count). The Labute approximate surface area is 166 Å². The van der Waals surface area contributed by atoms with Gasteiger partial charge in [-0.05, 0) is 46.1 Å². The summed E-state index contributed by atoms with van der Waals surface area (Å²) in [6, 6.07) is 8.00. The van der Waals surface area contributed by atoms with E-state index < -0.39 is 11.7 Å². The first-order valence-corrected chi connectivity index (χ1v) is 9.72. The number of hydrogen-bond acceptors (Lipinski definition) is 4. The van der Waals surface area contributed by atoms with Gasteiger partial charge in [-0.25, -0.2) is 4.79 Å². The molecule has 1 aliphatic heterocycles. The fraction of sp³-hybridized carbons (Fsp3) is 0.571. The number of alkyl carbamates (subject to hydrolysis) is 1. The summed E-state index contributed by atoms with van der Waals surface area (Å²) in [5.74, 6) is -0.143. The minimum atomic E-state index is -0.598. The van der Waals surface area contributed by atoms with Crippen LogP contribution in [0.2, 0.25) is 0 Å². The van der Waals surface area contributed by atoms with Crippen molar-refractivity contribution >= 4 is 17.9 Å². The first-order valence-electron chi connectivity index (χ1n) is 9.72. The van der Waals surface area contributed by atoms with E-state index in [1.165, 1.54) is 5.56 Å². The van der Waals surface area contributed by atoms with Gasteiger partial charge in [0.05, 0.1) is 6.42 Å². The van der Waals surface area contributed by atoms with Gasteiger partial charge < -0.3 is 20.3 Å². The quantitative estimate of drug-likeness (QED) is 0.808. The second kappa shape index (κ2) is 9.57. The Balaban J connectivity index is 1.68. The van der Waals surface area contributed by atoms with Gasteiger partial charge in [0.15, 0.2) is 0 Å². The van der Waals surface area contributed by atoms with Crippen LogP contribution in [-0.2, 0) is 20.7 Å². The SMILES string of the molecule is Cc1ccc(CC(=O)NC2CCN(C(=O)CNC(=O)OC(C)(C)C)CC2)cc1. The minimum Gasteiger partial charge on any atom is -0.444 e. The summed E-state index contributed by atoms with van der Waals surface area (Å²) in [5.41, 5.74) is 1.56. The lowest BCUT2D eigenvalue weighted by atomic mass is 10.0. The Kier molecular flexibility index (Phi) is 7.43. The Morgan fingerprint density at radius 1 is 1.11 bits per heavy atom. The fourth-order valence-electron chi connectivity index (χ4n) is 3.02. The Hall–Kier alpha value is -2.57. The molecule has 0 aliphatic carbocycles. The van der Waals surface area contributed by atoms with E-state index in [0.717, 1.165) is 5.56 Å². The number of nitrogens with one attached hydrogen (secondary N) is 2. The molecule has 1 heterocycles. The minimum absolute atomic E-state index is 0.000206. The average Bonchev–Trinajstić information content (AvgIpc) is 2.61. The zero-order chi connectivity index (χ0) is 20.7. The van der Waals surface area contributed by atoms with Crippen LogP contribution < -0.4 is 10.6 Å². The molecule has 0 spiro atoms. The lowest BCUT2D eigenvalue weighted by Crippen LogP contribution is -2.49. The van der Waals surface area contributed by atoms with Crippen molar-refractivity contribution in [1.29, 1.82) is 0 Å². The molecule has 1 aliphatic rings. The van der Waals surface area contributed by atoms with E-state index in [1.807, 2.05) is 31.2 Å². The summed E-state index contributed by atoms with van der Waals surface area (Å²) in [7, 11) is 0. The van der Waals surface area contributed by atoms with Gasteiger partial charge >= 0.3 is 6.09 Å². The number of benzene rings is 1. The molecular formula is C21H31N3O4. The van der Waals surface area contributed by atoms with Gasteiger partial charge in [-0.1, -0.05) is 29.8 Å². The van der Waals surface area contributed by atoms with E-state index in [2.05, 4.69) is 10.6 Å². The van der Waals surface area contributed by atoms with Crippen LogP contribution in [0.5, 0.6) is 0 Å². The zero-order valence-corrected chi connectivity index (χ0v) is 17.2. The van der Waals surface area contributed by atoms with Gasteiger partial charge in [0.2, 0.25) is 11.8 Å². The monoisotopic (exact) mass is 389 g/mol. The Morgan fingerprint density at radius 2 is 1.71 bits per heavy atom. The third-order valence-electron chi connectivity index (χ3n) is 4.48. The normalized spacial score (nSPS) is 15.1. The van der Waals surface area contributed by atoms with Crippen molar-refractivity contribution in [3.05, 3.63) is 35.4 Å². The van der Waals surface area contributed by atoms with Crippen LogP contribution >= 0.6 is 0 Å². The predicted octanol–water partition coefficient (Wildman–Crippen LogP) is 2.17. The molecule has 154 valence electrons. The van der Waals surface area contributed by atoms with E-state index in [-0.39, 0.29) is 24.4 Å². The maximum absolute atomic E-state index is 12.2. The van der Waals surface area contributed by atoms with E-state index >= 15 is 0 Å². The number of carbonyl (C=O) groups excluding carboxylic acids is 3. The summed E-state index contributed by atoms with van der Waals surface area (Å²) in [6.45, 7) is 8.36. The van der Waals surface area contributed by atoms with Crippen LogP contribution in [-0.4, -0.2) is 54.1 Å². The number of piperidine rings is 1. The molecule has 7 nitrogen and oxygen atoms in total. The highest BCUT2D eigenvalue weighted by Crippen LogP contribution is 2.12. The molecule has 0 aromatic heterocycles. The van der Waals surface area contributed by atoms with Crippen LogP contribution in [0, 0.1) is 6.92 Å². The predicted molar refractivity (Wildman–Crippen MR) is 107 cm³/mol. The first kappa shape index (κ1) is 21.7. The van der Waals surface area contributed by atoms with Crippen LogP contribution in [0.1, 0.15) is 44.7 Å². The van der Waals surface area contributed by atoms with Gasteiger partial charge in [0, 0.05) is 19.1 Å². The van der Waals surface area contributed by atoms with Crippen molar-refractivity contribution in [3.63, 3.8) is 0 Å². The van der Waals surface area contributed by atoms with E-state index in [9.17, 15) is 14.4 Å². The lowest BCUT2D eigenvalue weighted by Gasteiger charge is -2.32. The second-order valence-electron chi connectivity index (χ2n) is 8.24. The highest BCUT2D eigenvalue weighted by atomic mass is 16.6. The molecule has 1 fully saturated rings. The maximum Gasteiger partial charge on any atom is 0.408 e. The first-order chi connectivity index (χ1) is 13.1. The van der Waals surface area contributed by atoms with Crippen LogP contribution in [0.15, 0.2) is 24.3 Å². The standard InChI is InChI=1S/C21H31N3O4/c1-15-5-7-16(8-6-15)13-18(25)23-17-9-11-24(12-10-17)19(26)14-22-20(27)28-21(2,3)4/h5-8,17H,9-14H2,1-4H3,(H,22,27)(H,23,25). The summed E-state index contributed by atoms with van der Waals surface area (Å²) >= 11 is 0. The lowest BCUT2D eigenvalue weighted by molar-refractivity contribution is -0.131. The van der Waals surface area contributed by atoms with Gasteiger partial charge in [-0.2, -0.15) is 0 Å². The van der Waals surface area contributed by atoms with Crippen molar-refractivity contribution in [2.45, 2.75) is 58.6 Å². The molecule has 28 heavy (non-hydrogen) atoms. The average molecular weight is 389 g/mol. The molecule has 1 aromatic carbocycles. The molecule has 0 radical (unpaired) electrons. The smallest absolute Gasteiger partial charge is 0.408 e. The van der Waals surface area contributed by atoms with Crippen molar-refractivity contribution in [2.75, 3.05) is 19.6 Å². The van der Waals surface area contributed by atoms with E-state index in [0.29, 0.717) is 32.4 Å². The number of rotatable bonds is 5. The Morgan fingerprint density at radius 3 is 2.29 bits per heavy atom. The molecule has 1 saturated heterocycles. The summed E-state index contributed by atoms with van der Waals surface area (Å²) < 4.78 is 5.12. The van der Waals surface area contributed by atoms with E-state index in [4.69, 9.17) is 4.74 Å². The molecule has 0 atom stereocenters. The number of nitrogens with zero attached hydrogens (tertiary/aromatic N) is 1. The molecule has 0 saturated carbocycles. The highest BCUT2D eigenvalue weighted by Gasteiger charge is 2.24. The van der Waals surface area contributed by atoms with Gasteiger partial charge in [0.1, 0.15) is 12.1 Å². The molecule has 1 aromatic rings. The van der Waals surface area contributed by atoms with Gasteiger partial charge in [-0.3, -0.25) is 9.59 Å². The molecular weight excluding hydrogens is 358 g/mol. The zero-order valence-electron chi connectivity index (χ0n) is 17.2. The topological polar surface area (TPSA) is 87.7 Å². The fourth-order valence-corrected chi connectivity index (χ4v) is 3.02. The van der Waals surface area contributed by atoms with E-state index in [1.54, 1.807) is 25.7 Å². The summed E-state index contributed by atoms with van der Waals surface area (Å²) in [4.78, 5) is 37.8. The van der Waals surface area contributed by atoms with Crippen molar-refractivity contribution in [1.82, 2.24) is 15.5 Å². The largest absolute Gasteiger partial charge is 0.444 e. The number of carbonyl (C=O) groups is 3. The van der Waals surface area contributed by atoms with Crippen LogP contribution in [0.4, 0.5) is 4.79 Å². The summed E-state index contributed by atoms with van der Waals surface area (Å²) in [5, 5.41) is 5.54. The molecule has 0 unspecified atom stereocenters. The maximum atomic E-state index is 12.2. The Bertz CT molecular complexity index is 687. The third kappa shape index (κ3) is 7.58. The molecule has 2 N–H and O–H groups in total. The second-order valence-corrected chi connectivity index (χ2v) is 8.24. The van der Waals surface area contributed by atoms with Gasteiger partial charge in [-0.15, -0.1) is 0 Å². The molecule has 0 bridgehead atoms. The number of ether oxygens (including phenoxy) is 1. The number of likely N-dealkylation sites (tertiary alicyclic amines) is 1.